The predicted octanol–water partition coefficient (Wildman–Crippen LogP) is 7.93. The quantitative estimate of drug-likeness (QED) is 0.291. The zero-order valence-corrected chi connectivity index (χ0v) is 25.0. The van der Waals surface area contributed by atoms with Crippen molar-refractivity contribution < 1.29 is 14.0 Å². The van der Waals surface area contributed by atoms with Gasteiger partial charge >= 0.3 is 0 Å². The lowest BCUT2D eigenvalue weighted by Gasteiger charge is -2.68. The topological polar surface area (TPSA) is 46.2 Å². The van der Waals surface area contributed by atoms with Gasteiger partial charge < -0.3 is 5.32 Å². The molecule has 0 aliphatic heterocycles. The Morgan fingerprint density at radius 2 is 1.74 bits per heavy atom. The number of halogens is 1. The highest BCUT2D eigenvalue weighted by Crippen LogP contribution is 2.72. The summed E-state index contributed by atoms with van der Waals surface area (Å²) in [6.07, 6.45) is 9.31. The molecular weight excluding hydrogens is 473 g/mol. The van der Waals surface area contributed by atoms with E-state index in [4.69, 9.17) is 0 Å². The molecule has 0 bridgehead atoms. The lowest BCUT2D eigenvalue weighted by Crippen LogP contribution is -2.64. The van der Waals surface area contributed by atoms with E-state index < -0.39 is 11.3 Å². The van der Waals surface area contributed by atoms with E-state index in [-0.39, 0.29) is 39.7 Å². The molecule has 0 spiro atoms. The van der Waals surface area contributed by atoms with Crippen LogP contribution in [0.4, 0.5) is 4.39 Å². The number of hydrogen-bond acceptors (Lipinski definition) is 2. The first-order valence-corrected chi connectivity index (χ1v) is 15.0. The zero-order valence-electron chi connectivity index (χ0n) is 25.0. The Morgan fingerprint density at radius 3 is 2.34 bits per heavy atom. The molecule has 0 radical (unpaired) electrons. The summed E-state index contributed by atoms with van der Waals surface area (Å²) in [5.41, 5.74) is 2.25. The van der Waals surface area contributed by atoms with E-state index in [0.717, 1.165) is 37.7 Å². The van der Waals surface area contributed by atoms with Gasteiger partial charge in [0.15, 0.2) is 5.78 Å². The minimum Gasteiger partial charge on any atom is -0.355 e. The summed E-state index contributed by atoms with van der Waals surface area (Å²) in [4.78, 5) is 27.4. The first-order valence-electron chi connectivity index (χ1n) is 15.0. The van der Waals surface area contributed by atoms with Crippen molar-refractivity contribution in [1.29, 1.82) is 0 Å². The number of hydrogen-bond donors (Lipinski definition) is 1. The molecule has 2 saturated carbocycles. The molecule has 1 aromatic carbocycles. The maximum Gasteiger partial charge on any atom is 0.230 e. The van der Waals surface area contributed by atoms with Crippen molar-refractivity contribution in [2.75, 3.05) is 6.54 Å². The third kappa shape index (κ3) is 4.38. The Bertz CT molecular complexity index is 1090. The van der Waals surface area contributed by atoms with E-state index in [0.29, 0.717) is 31.2 Å². The molecule has 1 N–H and O–H groups in total. The lowest BCUT2D eigenvalue weighted by molar-refractivity contribution is -0.186. The highest BCUT2D eigenvalue weighted by molar-refractivity contribution is 6.04. The van der Waals surface area contributed by atoms with Crippen LogP contribution in [0.5, 0.6) is 0 Å². The summed E-state index contributed by atoms with van der Waals surface area (Å²) in [5.74, 6) is 0.386. The molecule has 4 heteroatoms. The molecule has 3 aliphatic carbocycles. The highest BCUT2D eigenvalue weighted by Gasteiger charge is 2.67. The highest BCUT2D eigenvalue weighted by atomic mass is 19.1. The van der Waals surface area contributed by atoms with Crippen molar-refractivity contribution in [2.24, 2.45) is 45.3 Å². The van der Waals surface area contributed by atoms with Crippen LogP contribution in [0.15, 0.2) is 35.9 Å². The SMILES string of the molecule is CCC(C)C1=CCC2C3(C)CC(C(=O)NCCc4ccc(F)cc4)C(=O)C(C)(C)C3CCC2(C)C1(C)CC. The number of benzene rings is 1. The van der Waals surface area contributed by atoms with Crippen LogP contribution in [0.25, 0.3) is 0 Å². The van der Waals surface area contributed by atoms with Gasteiger partial charge in [-0.15, -0.1) is 0 Å². The average Bonchev–Trinajstić information content (AvgIpc) is 2.87. The summed E-state index contributed by atoms with van der Waals surface area (Å²) in [7, 11) is 0. The Hall–Kier alpha value is -1.97. The third-order valence-corrected chi connectivity index (χ3v) is 12.0. The Balaban J connectivity index is 1.62. The van der Waals surface area contributed by atoms with Crippen LogP contribution in [0, 0.1) is 51.1 Å². The number of carbonyl (C=O) groups excluding carboxylic acids is 2. The summed E-state index contributed by atoms with van der Waals surface area (Å²) in [5, 5.41) is 3.07. The Labute approximate surface area is 230 Å². The first kappa shape index (κ1) is 29.0. The number of ketones is 1. The van der Waals surface area contributed by atoms with Gasteiger partial charge in [-0.25, -0.2) is 4.39 Å². The molecule has 0 heterocycles. The number of nitrogens with one attached hydrogen (secondary N) is 1. The molecule has 3 aliphatic rings. The molecule has 1 amide bonds. The minimum absolute atomic E-state index is 0.0860. The van der Waals surface area contributed by atoms with E-state index in [1.165, 1.54) is 12.1 Å². The third-order valence-electron chi connectivity index (χ3n) is 12.0. The minimum atomic E-state index is -0.616. The predicted molar refractivity (Wildman–Crippen MR) is 153 cm³/mol. The van der Waals surface area contributed by atoms with Gasteiger partial charge in [0.1, 0.15) is 5.82 Å². The molecule has 38 heavy (non-hydrogen) atoms. The normalized spacial score (nSPS) is 37.0. The van der Waals surface area contributed by atoms with E-state index in [1.54, 1.807) is 17.7 Å². The van der Waals surface area contributed by atoms with Crippen LogP contribution in [-0.4, -0.2) is 18.2 Å². The fraction of sp³-hybridized carbons (Fsp3) is 0.706. The van der Waals surface area contributed by atoms with Crippen LogP contribution in [0.3, 0.4) is 0 Å². The van der Waals surface area contributed by atoms with Crippen molar-refractivity contribution in [3.8, 4) is 0 Å². The summed E-state index contributed by atoms with van der Waals surface area (Å²) < 4.78 is 13.3. The molecule has 3 nitrogen and oxygen atoms in total. The van der Waals surface area contributed by atoms with Crippen molar-refractivity contribution in [2.45, 2.75) is 100 Å². The van der Waals surface area contributed by atoms with Crippen LogP contribution in [0.1, 0.15) is 99.5 Å². The van der Waals surface area contributed by atoms with Crippen molar-refractivity contribution >= 4 is 11.7 Å². The number of fused-ring (bicyclic) bond motifs is 3. The van der Waals surface area contributed by atoms with Gasteiger partial charge in [-0.05, 0) is 96.6 Å². The van der Waals surface area contributed by atoms with E-state index >= 15 is 0 Å². The number of amides is 1. The fourth-order valence-corrected chi connectivity index (χ4v) is 9.42. The standard InChI is InChI=1S/C34H50FNO2/c1-9-22(3)26-15-16-28-32(6)21-25(30(38)36-20-18-23-11-13-24(35)14-12-23)29(37)31(4,5)27(32)17-19-34(28,8)33(26,7)10-2/h11-15,22,25,27-28H,9-10,16-21H2,1-8H3,(H,36,38). The molecule has 210 valence electrons. The second-order valence-electron chi connectivity index (χ2n) is 14.0. The van der Waals surface area contributed by atoms with Crippen LogP contribution in [-0.2, 0) is 16.0 Å². The maximum atomic E-state index is 13.8. The van der Waals surface area contributed by atoms with Gasteiger partial charge in [0.2, 0.25) is 5.91 Å². The van der Waals surface area contributed by atoms with Crippen LogP contribution >= 0.6 is 0 Å². The van der Waals surface area contributed by atoms with Gasteiger partial charge in [0.25, 0.3) is 0 Å². The largest absolute Gasteiger partial charge is 0.355 e. The molecule has 7 unspecified atom stereocenters. The zero-order chi connectivity index (χ0) is 28.1. The number of Topliss-reactive ketones (excluding diaryl/α,β-unsaturated/α-hetero) is 1. The van der Waals surface area contributed by atoms with Crippen molar-refractivity contribution in [3.05, 3.63) is 47.3 Å². The molecule has 1 aromatic rings. The monoisotopic (exact) mass is 523 g/mol. The second-order valence-corrected chi connectivity index (χ2v) is 14.0. The van der Waals surface area contributed by atoms with Gasteiger partial charge in [0.05, 0.1) is 5.92 Å². The van der Waals surface area contributed by atoms with Crippen molar-refractivity contribution in [1.82, 2.24) is 5.32 Å². The van der Waals surface area contributed by atoms with E-state index in [2.05, 4.69) is 66.8 Å². The lowest BCUT2D eigenvalue weighted by atomic mass is 9.35. The van der Waals surface area contributed by atoms with E-state index in [1.807, 2.05) is 0 Å². The molecule has 7 atom stereocenters. The van der Waals surface area contributed by atoms with Gasteiger partial charge in [-0.1, -0.05) is 79.2 Å². The van der Waals surface area contributed by atoms with Crippen LogP contribution in [0.2, 0.25) is 0 Å². The molecule has 0 aromatic heterocycles. The number of rotatable bonds is 7. The van der Waals surface area contributed by atoms with Crippen molar-refractivity contribution in [3.63, 3.8) is 0 Å². The summed E-state index contributed by atoms with van der Waals surface area (Å²) in [6, 6.07) is 6.39. The molecule has 0 saturated heterocycles. The Kier molecular flexibility index (Phi) is 7.80. The molecular formula is C34H50FNO2. The maximum absolute atomic E-state index is 13.8. The smallest absolute Gasteiger partial charge is 0.230 e. The average molecular weight is 524 g/mol. The second kappa shape index (κ2) is 10.2. The summed E-state index contributed by atoms with van der Waals surface area (Å²) >= 11 is 0. The van der Waals surface area contributed by atoms with Gasteiger partial charge in [-0.2, -0.15) is 0 Å². The fourth-order valence-electron chi connectivity index (χ4n) is 9.42. The Morgan fingerprint density at radius 1 is 1.08 bits per heavy atom. The number of carbonyl (C=O) groups is 2. The van der Waals surface area contributed by atoms with Crippen LogP contribution < -0.4 is 5.32 Å². The van der Waals surface area contributed by atoms with E-state index in [9.17, 15) is 14.0 Å². The molecule has 2 fully saturated rings. The van der Waals surface area contributed by atoms with Gasteiger partial charge in [-0.3, -0.25) is 9.59 Å². The van der Waals surface area contributed by atoms with Gasteiger partial charge in [0, 0.05) is 12.0 Å². The molecule has 4 rings (SSSR count). The number of allylic oxidation sites excluding steroid dienone is 2. The summed E-state index contributed by atoms with van der Waals surface area (Å²) in [6.45, 7) is 19.1. The first-order chi connectivity index (χ1) is 17.8.